The van der Waals surface area contributed by atoms with Crippen LogP contribution in [0.25, 0.3) is 10.7 Å². The second-order valence-corrected chi connectivity index (χ2v) is 5.10. The lowest BCUT2D eigenvalue weighted by Crippen LogP contribution is -2.06. The van der Waals surface area contributed by atoms with Gasteiger partial charge in [0.2, 0.25) is 11.7 Å². The predicted molar refractivity (Wildman–Crippen MR) is 77.5 cm³/mol. The number of hydrogen-bond donors (Lipinski definition) is 0. The van der Waals surface area contributed by atoms with Crippen molar-refractivity contribution in [3.05, 3.63) is 47.3 Å². The van der Waals surface area contributed by atoms with Crippen molar-refractivity contribution in [3.8, 4) is 16.6 Å². The van der Waals surface area contributed by atoms with Crippen molar-refractivity contribution >= 4 is 17.3 Å². The maximum atomic E-state index is 11.9. The first kappa shape index (κ1) is 14.2. The molecule has 3 aromatic heterocycles. The third-order valence-electron chi connectivity index (χ3n) is 2.72. The summed E-state index contributed by atoms with van der Waals surface area (Å²) in [6.45, 7) is -0.0940. The Labute approximate surface area is 129 Å². The van der Waals surface area contributed by atoms with Crippen LogP contribution in [-0.2, 0) is 11.3 Å². The fraction of sp³-hybridized carbons (Fsp3) is 0.143. The number of carbonyl (C=O) groups excluding carboxylic acids is 1. The van der Waals surface area contributed by atoms with Crippen LogP contribution in [-0.4, -0.2) is 28.2 Å². The van der Waals surface area contributed by atoms with Gasteiger partial charge in [0.15, 0.2) is 6.61 Å². The van der Waals surface area contributed by atoms with Crippen molar-refractivity contribution in [1.29, 1.82) is 0 Å². The molecule has 0 fully saturated rings. The average molecular weight is 317 g/mol. The molecule has 0 aliphatic heterocycles. The lowest BCUT2D eigenvalue weighted by atomic mass is 10.3. The van der Waals surface area contributed by atoms with Crippen molar-refractivity contribution in [1.82, 2.24) is 15.1 Å². The van der Waals surface area contributed by atoms with Crippen LogP contribution in [0.4, 0.5) is 0 Å². The molecule has 8 heteroatoms. The number of esters is 1. The fourth-order valence-electron chi connectivity index (χ4n) is 1.65. The molecule has 0 atom stereocenters. The molecule has 0 N–H and O–H groups in total. The third kappa shape index (κ3) is 3.12. The highest BCUT2D eigenvalue weighted by atomic mass is 32.1. The van der Waals surface area contributed by atoms with Crippen LogP contribution >= 0.6 is 11.3 Å². The van der Waals surface area contributed by atoms with Crippen molar-refractivity contribution in [2.45, 2.75) is 6.61 Å². The summed E-state index contributed by atoms with van der Waals surface area (Å²) in [5.41, 5.74) is 0.318. The molecular weight excluding hydrogens is 306 g/mol. The van der Waals surface area contributed by atoms with E-state index >= 15 is 0 Å². The Hall–Kier alpha value is -2.74. The molecule has 0 saturated heterocycles. The first-order valence-electron chi connectivity index (χ1n) is 6.30. The Morgan fingerprint density at radius 2 is 2.27 bits per heavy atom. The highest BCUT2D eigenvalue weighted by molar-refractivity contribution is 7.13. The smallest absolute Gasteiger partial charge is 0.340 e. The molecule has 0 unspecified atom stereocenters. The number of hydrogen-bond acceptors (Lipinski definition) is 8. The Balaban J connectivity index is 1.61. The third-order valence-corrected chi connectivity index (χ3v) is 3.58. The molecule has 0 saturated carbocycles. The first-order chi connectivity index (χ1) is 10.8. The van der Waals surface area contributed by atoms with Gasteiger partial charge in [0.1, 0.15) is 0 Å². The van der Waals surface area contributed by atoms with Gasteiger partial charge in [0.05, 0.1) is 17.6 Å². The molecular formula is C14H11N3O4S. The molecule has 3 aromatic rings. The number of nitrogens with zero attached hydrogens (tertiary/aromatic N) is 3. The molecule has 112 valence electrons. The Morgan fingerprint density at radius 3 is 2.95 bits per heavy atom. The minimum atomic E-state index is -0.522. The van der Waals surface area contributed by atoms with Gasteiger partial charge in [0, 0.05) is 12.3 Å². The van der Waals surface area contributed by atoms with Gasteiger partial charge in [-0.05, 0) is 17.5 Å². The quantitative estimate of drug-likeness (QED) is 0.668. The van der Waals surface area contributed by atoms with Crippen LogP contribution in [0.3, 0.4) is 0 Å². The number of aromatic nitrogens is 3. The van der Waals surface area contributed by atoms with Crippen molar-refractivity contribution < 1.29 is 18.8 Å². The van der Waals surface area contributed by atoms with Gasteiger partial charge in [-0.3, -0.25) is 0 Å². The number of ether oxygens (including phenoxy) is 2. The van der Waals surface area contributed by atoms with E-state index < -0.39 is 5.97 Å². The summed E-state index contributed by atoms with van der Waals surface area (Å²) in [6.07, 6.45) is 1.38. The Kier molecular flexibility index (Phi) is 4.10. The molecule has 0 aliphatic rings. The SMILES string of the molecule is COc1ccc(C(=O)OCc2nc(-c3cccs3)no2)cn1. The van der Waals surface area contributed by atoms with E-state index in [0.29, 0.717) is 17.3 Å². The summed E-state index contributed by atoms with van der Waals surface area (Å²) < 4.78 is 15.1. The summed E-state index contributed by atoms with van der Waals surface area (Å²) in [5.74, 6) is 0.616. The van der Waals surface area contributed by atoms with E-state index in [1.165, 1.54) is 24.6 Å². The topological polar surface area (TPSA) is 87.3 Å². The molecule has 0 amide bonds. The van der Waals surface area contributed by atoms with Gasteiger partial charge in [-0.25, -0.2) is 9.78 Å². The summed E-state index contributed by atoms with van der Waals surface area (Å²) in [7, 11) is 1.50. The minimum absolute atomic E-state index is 0.0940. The van der Waals surface area contributed by atoms with Crippen LogP contribution in [0.1, 0.15) is 16.2 Å². The van der Waals surface area contributed by atoms with E-state index in [0.717, 1.165) is 4.88 Å². The van der Waals surface area contributed by atoms with E-state index in [2.05, 4.69) is 15.1 Å². The maximum Gasteiger partial charge on any atom is 0.340 e. The van der Waals surface area contributed by atoms with E-state index in [4.69, 9.17) is 14.0 Å². The normalized spacial score (nSPS) is 10.4. The van der Waals surface area contributed by atoms with Crippen LogP contribution in [0, 0.1) is 0 Å². The lowest BCUT2D eigenvalue weighted by Gasteiger charge is -2.02. The molecule has 3 rings (SSSR count). The van der Waals surface area contributed by atoms with Crippen molar-refractivity contribution in [3.63, 3.8) is 0 Å². The number of pyridine rings is 1. The first-order valence-corrected chi connectivity index (χ1v) is 7.18. The standard InChI is InChI=1S/C14H11N3O4S/c1-19-11-5-4-9(7-15-11)14(18)20-8-12-16-13(17-21-12)10-3-2-6-22-10/h2-7H,8H2,1H3. The van der Waals surface area contributed by atoms with Gasteiger partial charge in [0.25, 0.3) is 5.89 Å². The monoisotopic (exact) mass is 317 g/mol. The number of thiophene rings is 1. The lowest BCUT2D eigenvalue weighted by molar-refractivity contribution is 0.0429. The van der Waals surface area contributed by atoms with Gasteiger partial charge in [-0.2, -0.15) is 4.98 Å². The zero-order valence-corrected chi connectivity index (χ0v) is 12.4. The van der Waals surface area contributed by atoms with E-state index in [1.807, 2.05) is 17.5 Å². The second kappa shape index (κ2) is 6.35. The van der Waals surface area contributed by atoms with Gasteiger partial charge < -0.3 is 14.0 Å². The number of carbonyl (C=O) groups is 1. The highest BCUT2D eigenvalue weighted by Crippen LogP contribution is 2.21. The summed E-state index contributed by atoms with van der Waals surface area (Å²) in [4.78, 5) is 20.9. The van der Waals surface area contributed by atoms with Crippen molar-refractivity contribution in [2.75, 3.05) is 7.11 Å². The minimum Gasteiger partial charge on any atom is -0.481 e. The summed E-state index contributed by atoms with van der Waals surface area (Å²) in [6, 6.07) is 6.93. The Bertz CT molecular complexity index is 753. The van der Waals surface area contributed by atoms with Gasteiger partial charge in [-0.1, -0.05) is 11.2 Å². The molecule has 0 aromatic carbocycles. The van der Waals surface area contributed by atoms with E-state index in [1.54, 1.807) is 12.1 Å². The van der Waals surface area contributed by atoms with Crippen molar-refractivity contribution in [2.24, 2.45) is 0 Å². The average Bonchev–Trinajstić information content (AvgIpc) is 3.23. The van der Waals surface area contributed by atoms with Gasteiger partial charge >= 0.3 is 5.97 Å². The van der Waals surface area contributed by atoms with E-state index in [-0.39, 0.29) is 12.5 Å². The van der Waals surface area contributed by atoms with Gasteiger partial charge in [-0.15, -0.1) is 11.3 Å². The highest BCUT2D eigenvalue weighted by Gasteiger charge is 2.13. The molecule has 0 aliphatic carbocycles. The number of rotatable bonds is 5. The molecule has 0 radical (unpaired) electrons. The summed E-state index contributed by atoms with van der Waals surface area (Å²) >= 11 is 1.50. The maximum absolute atomic E-state index is 11.9. The zero-order valence-electron chi connectivity index (χ0n) is 11.6. The predicted octanol–water partition coefficient (Wildman–Crippen LogP) is 2.56. The second-order valence-electron chi connectivity index (χ2n) is 4.15. The number of methoxy groups -OCH3 is 1. The van der Waals surface area contributed by atoms with Crippen LogP contribution in [0.15, 0.2) is 40.4 Å². The molecule has 3 heterocycles. The molecule has 7 nitrogen and oxygen atoms in total. The molecule has 22 heavy (non-hydrogen) atoms. The molecule has 0 spiro atoms. The zero-order chi connectivity index (χ0) is 15.4. The van der Waals surface area contributed by atoms with Crippen LogP contribution in [0.5, 0.6) is 5.88 Å². The fourth-order valence-corrected chi connectivity index (χ4v) is 2.30. The van der Waals surface area contributed by atoms with Crippen LogP contribution in [0.2, 0.25) is 0 Å². The van der Waals surface area contributed by atoms with E-state index in [9.17, 15) is 4.79 Å². The largest absolute Gasteiger partial charge is 0.481 e. The summed E-state index contributed by atoms with van der Waals surface area (Å²) in [5, 5.41) is 5.75. The Morgan fingerprint density at radius 1 is 1.36 bits per heavy atom. The molecule has 0 bridgehead atoms. The van der Waals surface area contributed by atoms with Crippen LogP contribution < -0.4 is 4.74 Å².